The van der Waals surface area contributed by atoms with Gasteiger partial charge in [0.25, 0.3) is 11.8 Å². The molecule has 284 valence electrons. The van der Waals surface area contributed by atoms with Gasteiger partial charge in [0.2, 0.25) is 5.95 Å². The van der Waals surface area contributed by atoms with E-state index in [1.54, 1.807) is 63.8 Å². The topological polar surface area (TPSA) is 170 Å². The Bertz CT molecular complexity index is 1930. The highest BCUT2D eigenvalue weighted by Gasteiger charge is 2.33. The van der Waals surface area contributed by atoms with E-state index < -0.39 is 35.1 Å². The van der Waals surface area contributed by atoms with Gasteiger partial charge in [-0.25, -0.2) is 14.6 Å². The molecule has 3 aromatic rings. The second-order valence-corrected chi connectivity index (χ2v) is 16.5. The van der Waals surface area contributed by atoms with E-state index in [2.05, 4.69) is 10.6 Å². The van der Waals surface area contributed by atoms with Crippen LogP contribution in [0.15, 0.2) is 54.1 Å². The largest absolute Gasteiger partial charge is 0.465 e. The molecule has 1 fully saturated rings. The molecule has 0 radical (unpaired) electrons. The molecule has 0 aliphatic carbocycles. The summed E-state index contributed by atoms with van der Waals surface area (Å²) in [5.41, 5.74) is 0.0980. The van der Waals surface area contributed by atoms with Crippen molar-refractivity contribution >= 4 is 52.6 Å². The fourth-order valence-corrected chi connectivity index (χ4v) is 6.26. The SMILES string of the molecule is C[C@H](N(Cc1ccc2c(c1)nc(NC(=O)c1ccc(Cl)cc1)n2C1CCCN(C(=O)C(C#N)=CC(C)(C)NC(=O)OC(C)(C)C)C1)C(=O)O)C(C)(C)C. The average molecular weight is 748 g/mol. The Hall–Kier alpha value is -5.09. The number of hydrogen-bond donors (Lipinski definition) is 3. The summed E-state index contributed by atoms with van der Waals surface area (Å²) in [7, 11) is 0. The first kappa shape index (κ1) is 40.7. The summed E-state index contributed by atoms with van der Waals surface area (Å²) in [6.45, 7) is 17.2. The number of ether oxygens (including phenoxy) is 1. The van der Waals surface area contributed by atoms with Crippen molar-refractivity contribution in [2.75, 3.05) is 18.4 Å². The number of imidazole rings is 1. The number of fused-ring (bicyclic) bond motifs is 1. The van der Waals surface area contributed by atoms with Crippen LogP contribution in [-0.2, 0) is 16.1 Å². The summed E-state index contributed by atoms with van der Waals surface area (Å²) in [6.07, 6.45) is 0.971. The lowest BCUT2D eigenvalue weighted by Gasteiger charge is -2.36. The molecule has 1 saturated heterocycles. The van der Waals surface area contributed by atoms with Crippen molar-refractivity contribution in [3.8, 4) is 6.07 Å². The Kier molecular flexibility index (Phi) is 12.2. The predicted octanol–water partition coefficient (Wildman–Crippen LogP) is 7.77. The molecular weight excluding hydrogens is 698 g/mol. The molecule has 53 heavy (non-hydrogen) atoms. The zero-order chi connectivity index (χ0) is 39.5. The Morgan fingerprint density at radius 1 is 1.09 bits per heavy atom. The molecule has 4 amide bonds. The van der Waals surface area contributed by atoms with Gasteiger partial charge in [0.05, 0.1) is 22.6 Å². The Morgan fingerprint density at radius 3 is 2.34 bits per heavy atom. The highest BCUT2D eigenvalue weighted by molar-refractivity contribution is 6.30. The third-order valence-corrected chi connectivity index (χ3v) is 9.39. The van der Waals surface area contributed by atoms with Gasteiger partial charge >= 0.3 is 12.2 Å². The van der Waals surface area contributed by atoms with Gasteiger partial charge in [0.1, 0.15) is 17.2 Å². The van der Waals surface area contributed by atoms with Gasteiger partial charge in [-0.2, -0.15) is 5.26 Å². The normalized spacial score (nSPS) is 16.1. The van der Waals surface area contributed by atoms with Crippen LogP contribution in [0.25, 0.3) is 11.0 Å². The summed E-state index contributed by atoms with van der Waals surface area (Å²) in [5.74, 6) is -0.641. The number of nitrogens with one attached hydrogen (secondary N) is 2. The molecular formula is C39H50ClN7O6. The summed E-state index contributed by atoms with van der Waals surface area (Å²) in [6, 6.07) is 13.4. The van der Waals surface area contributed by atoms with E-state index in [-0.39, 0.29) is 42.1 Å². The Morgan fingerprint density at radius 2 is 1.75 bits per heavy atom. The lowest BCUT2D eigenvalue weighted by Crippen LogP contribution is -2.46. The zero-order valence-electron chi connectivity index (χ0n) is 31.9. The van der Waals surface area contributed by atoms with Crippen molar-refractivity contribution in [2.45, 2.75) is 105 Å². The van der Waals surface area contributed by atoms with E-state index in [4.69, 9.17) is 21.3 Å². The van der Waals surface area contributed by atoms with Crippen LogP contribution in [0.3, 0.4) is 0 Å². The molecule has 13 nitrogen and oxygen atoms in total. The lowest BCUT2D eigenvalue weighted by molar-refractivity contribution is -0.128. The fourth-order valence-electron chi connectivity index (χ4n) is 6.14. The molecule has 2 aromatic carbocycles. The fraction of sp³-hybridized carbons (Fsp3) is 0.487. The zero-order valence-corrected chi connectivity index (χ0v) is 32.7. The smallest absolute Gasteiger partial charge is 0.408 e. The van der Waals surface area contributed by atoms with Crippen LogP contribution in [0, 0.1) is 16.7 Å². The van der Waals surface area contributed by atoms with Crippen molar-refractivity contribution in [3.63, 3.8) is 0 Å². The number of nitrogens with zero attached hydrogens (tertiary/aromatic N) is 5. The number of benzene rings is 2. The third kappa shape index (κ3) is 10.5. The summed E-state index contributed by atoms with van der Waals surface area (Å²) < 4.78 is 7.25. The number of nitriles is 1. The van der Waals surface area contributed by atoms with Crippen molar-refractivity contribution in [2.24, 2.45) is 5.41 Å². The number of piperidine rings is 1. The number of aromatic nitrogens is 2. The number of carbonyl (C=O) groups is 4. The van der Waals surface area contributed by atoms with Crippen LogP contribution in [0.2, 0.25) is 5.02 Å². The molecule has 1 aromatic heterocycles. The maximum absolute atomic E-state index is 13.8. The van der Waals surface area contributed by atoms with Gasteiger partial charge in [0, 0.05) is 36.3 Å². The highest BCUT2D eigenvalue weighted by atomic mass is 35.5. The number of carbonyl (C=O) groups excluding carboxylic acids is 3. The first-order chi connectivity index (χ1) is 24.6. The van der Waals surface area contributed by atoms with Gasteiger partial charge in [-0.3, -0.25) is 14.9 Å². The number of anilines is 1. The van der Waals surface area contributed by atoms with E-state index in [9.17, 15) is 29.5 Å². The second-order valence-electron chi connectivity index (χ2n) is 16.1. The van der Waals surface area contributed by atoms with Gasteiger partial charge < -0.3 is 29.5 Å². The van der Waals surface area contributed by atoms with Crippen molar-refractivity contribution in [1.82, 2.24) is 24.7 Å². The second kappa shape index (κ2) is 15.9. The number of alkyl carbamates (subject to hydrolysis) is 1. The van der Waals surface area contributed by atoms with Crippen molar-refractivity contribution in [1.29, 1.82) is 5.26 Å². The third-order valence-electron chi connectivity index (χ3n) is 9.13. The average Bonchev–Trinajstić information content (AvgIpc) is 3.40. The standard InChI is InChI=1S/C39H50ClN7O6/c1-24(37(2,3)4)46(36(51)52)22-25-12-17-31-30(19-25)42-34(43-32(48)26-13-15-28(40)16-14-26)47(31)29-11-10-18-45(23-29)33(49)27(21-41)20-39(8,9)44-35(50)53-38(5,6)7/h12-17,19-20,24,29H,10-11,18,22-23H2,1-9H3,(H,44,50)(H,51,52)(H,42,43,48)/t24-,29?/m0/s1. The predicted molar refractivity (Wildman–Crippen MR) is 204 cm³/mol. The van der Waals surface area contributed by atoms with E-state index in [0.717, 1.165) is 5.56 Å². The van der Waals surface area contributed by atoms with Crippen LogP contribution in [0.5, 0.6) is 0 Å². The first-order valence-corrected chi connectivity index (χ1v) is 18.0. The van der Waals surface area contributed by atoms with Crippen LogP contribution in [0.1, 0.15) is 97.1 Å². The maximum Gasteiger partial charge on any atom is 0.408 e. The van der Waals surface area contributed by atoms with E-state index in [0.29, 0.717) is 41.0 Å². The molecule has 0 spiro atoms. The van der Waals surface area contributed by atoms with Crippen LogP contribution in [0.4, 0.5) is 15.5 Å². The molecule has 0 bridgehead atoms. The number of carboxylic acid groups (broad SMARTS) is 1. The van der Waals surface area contributed by atoms with Crippen LogP contribution >= 0.6 is 11.6 Å². The Balaban J connectivity index is 1.69. The minimum Gasteiger partial charge on any atom is -0.465 e. The summed E-state index contributed by atoms with van der Waals surface area (Å²) in [5, 5.41) is 26.2. The van der Waals surface area contributed by atoms with Crippen molar-refractivity contribution in [3.05, 3.63) is 70.3 Å². The molecule has 2 atom stereocenters. The van der Waals surface area contributed by atoms with Crippen LogP contribution in [-0.4, -0.2) is 78.7 Å². The number of rotatable bonds is 9. The molecule has 2 heterocycles. The molecule has 14 heteroatoms. The van der Waals surface area contributed by atoms with Crippen molar-refractivity contribution < 1.29 is 29.0 Å². The number of hydrogen-bond acceptors (Lipinski definition) is 7. The van der Waals surface area contributed by atoms with Gasteiger partial charge in [-0.15, -0.1) is 0 Å². The number of amides is 4. The van der Waals surface area contributed by atoms with Gasteiger partial charge in [-0.05, 0) is 108 Å². The maximum atomic E-state index is 13.8. The molecule has 0 saturated carbocycles. The molecule has 4 rings (SSSR count). The van der Waals surface area contributed by atoms with Gasteiger partial charge in [0.15, 0.2) is 0 Å². The Labute approximate surface area is 315 Å². The quantitative estimate of drug-likeness (QED) is 0.147. The molecule has 1 aliphatic heterocycles. The number of halogens is 1. The lowest BCUT2D eigenvalue weighted by atomic mass is 9.87. The van der Waals surface area contributed by atoms with E-state index in [1.165, 1.54) is 11.0 Å². The monoisotopic (exact) mass is 747 g/mol. The number of likely N-dealkylation sites (tertiary alicyclic amines) is 1. The molecule has 1 unspecified atom stereocenters. The molecule has 3 N–H and O–H groups in total. The summed E-state index contributed by atoms with van der Waals surface area (Å²) in [4.78, 5) is 59.9. The first-order valence-electron chi connectivity index (χ1n) is 17.6. The van der Waals surface area contributed by atoms with E-state index >= 15 is 0 Å². The van der Waals surface area contributed by atoms with E-state index in [1.807, 2.05) is 56.5 Å². The highest BCUT2D eigenvalue weighted by Crippen LogP contribution is 2.33. The van der Waals surface area contributed by atoms with Gasteiger partial charge in [-0.1, -0.05) is 38.4 Å². The molecule has 1 aliphatic rings. The minimum absolute atomic E-state index is 0.129. The summed E-state index contributed by atoms with van der Waals surface area (Å²) >= 11 is 6.05. The minimum atomic E-state index is -1.07. The van der Waals surface area contributed by atoms with Crippen LogP contribution < -0.4 is 10.6 Å².